The SMILES string of the molecule is COC(=O)C1CCC(F)(CCC2c3c(F)cccc3-c3cncn32)CC1.OCC1CCC(F)(CCC2c3c(F)cccc3-c3cncn32)CC1.[AlH3].[H-].[Li+]. The van der Waals surface area contributed by atoms with Crippen molar-refractivity contribution < 1.29 is 52.5 Å². The Balaban J connectivity index is 0.000000225. The Morgan fingerprint density at radius 2 is 1.27 bits per heavy atom. The minimum atomic E-state index is -1.31. The molecule has 8 rings (SSSR count). The fraction of sp³-hybridized carbons (Fsp3) is 0.513. The molecule has 4 aromatic rings. The minimum absolute atomic E-state index is 0. The molecule has 2 aliphatic carbocycles. The Labute approximate surface area is 326 Å². The molecule has 2 unspecified atom stereocenters. The second-order valence-corrected chi connectivity index (χ2v) is 14.6. The van der Waals surface area contributed by atoms with Gasteiger partial charge in [0.15, 0.2) is 17.4 Å². The summed E-state index contributed by atoms with van der Waals surface area (Å²) in [6, 6.07) is 9.72. The Bertz CT molecular complexity index is 1840. The van der Waals surface area contributed by atoms with Crippen molar-refractivity contribution in [2.75, 3.05) is 13.7 Å². The number of hydrogen-bond donors (Lipinski definition) is 1. The summed E-state index contributed by atoms with van der Waals surface area (Å²) < 4.78 is 67.9. The molecule has 0 bridgehead atoms. The summed E-state index contributed by atoms with van der Waals surface area (Å²) in [5, 5.41) is 9.21. The zero-order valence-corrected chi connectivity index (χ0v) is 29.3. The van der Waals surface area contributed by atoms with E-state index in [9.17, 15) is 18.7 Å². The monoisotopic (exact) mass is 730 g/mol. The first kappa shape index (κ1) is 40.3. The molecule has 4 aliphatic rings. The van der Waals surface area contributed by atoms with Crippen LogP contribution in [0.1, 0.15) is 102 Å². The summed E-state index contributed by atoms with van der Waals surface area (Å²) in [5.74, 6) is -0.689. The van der Waals surface area contributed by atoms with Gasteiger partial charge in [0, 0.05) is 28.9 Å². The number of carbonyl (C=O) groups excluding carboxylic acids is 1. The van der Waals surface area contributed by atoms with E-state index in [0.29, 0.717) is 75.3 Å². The fourth-order valence-electron chi connectivity index (χ4n) is 8.77. The summed E-state index contributed by atoms with van der Waals surface area (Å²) in [5.41, 5.74) is 2.31. The molecule has 0 amide bonds. The van der Waals surface area contributed by atoms with Crippen LogP contribution in [-0.2, 0) is 9.53 Å². The zero-order valence-electron chi connectivity index (χ0n) is 30.3. The van der Waals surface area contributed by atoms with E-state index in [1.807, 2.05) is 21.3 Å². The van der Waals surface area contributed by atoms with Crippen molar-refractivity contribution in [2.45, 2.75) is 100 Å². The third kappa shape index (κ3) is 7.84. The number of carbonyl (C=O) groups is 1. The zero-order chi connectivity index (χ0) is 35.0. The number of fused-ring (bicyclic) bond motifs is 6. The summed E-state index contributed by atoms with van der Waals surface area (Å²) in [4.78, 5) is 20.0. The molecule has 13 heteroatoms. The number of esters is 1. The Morgan fingerprint density at radius 1 is 0.827 bits per heavy atom. The second-order valence-electron chi connectivity index (χ2n) is 14.6. The summed E-state index contributed by atoms with van der Waals surface area (Å²) in [7, 11) is 1.37. The smallest absolute Gasteiger partial charge is 1.00 e. The number of nitrogens with zero attached hydrogens (tertiary/aromatic N) is 4. The van der Waals surface area contributed by atoms with Crippen molar-refractivity contribution in [1.82, 2.24) is 19.1 Å². The molecule has 1 N–H and O–H groups in total. The van der Waals surface area contributed by atoms with Crippen molar-refractivity contribution in [3.05, 3.63) is 84.2 Å². The molecule has 2 saturated carbocycles. The molecule has 7 nitrogen and oxygen atoms in total. The van der Waals surface area contributed by atoms with E-state index in [4.69, 9.17) is 4.74 Å². The topological polar surface area (TPSA) is 82.2 Å². The number of imidazole rings is 2. The number of alkyl halides is 2. The Hall–Kier alpha value is -2.86. The van der Waals surface area contributed by atoms with Gasteiger partial charge in [0.2, 0.25) is 0 Å². The molecule has 52 heavy (non-hydrogen) atoms. The van der Waals surface area contributed by atoms with Crippen molar-refractivity contribution in [2.24, 2.45) is 11.8 Å². The van der Waals surface area contributed by atoms with Crippen LogP contribution in [-0.4, -0.2) is 72.6 Å². The van der Waals surface area contributed by atoms with Gasteiger partial charge < -0.3 is 20.4 Å². The third-order valence-corrected chi connectivity index (χ3v) is 11.7. The van der Waals surface area contributed by atoms with E-state index in [1.165, 1.54) is 19.2 Å². The van der Waals surface area contributed by atoms with Gasteiger partial charge in [0.05, 0.1) is 61.5 Å². The van der Waals surface area contributed by atoms with Crippen molar-refractivity contribution in [3.8, 4) is 22.5 Å². The van der Waals surface area contributed by atoms with Crippen molar-refractivity contribution >= 4 is 23.3 Å². The molecule has 274 valence electrons. The number of aliphatic hydroxyl groups is 1. The van der Waals surface area contributed by atoms with Crippen LogP contribution in [0.5, 0.6) is 0 Å². The number of aliphatic hydroxyl groups excluding tert-OH is 1. The third-order valence-electron chi connectivity index (χ3n) is 11.7. The van der Waals surface area contributed by atoms with Crippen LogP contribution < -0.4 is 18.9 Å². The predicted molar refractivity (Wildman–Crippen MR) is 192 cm³/mol. The van der Waals surface area contributed by atoms with E-state index < -0.39 is 11.3 Å². The number of ether oxygens (including phenoxy) is 1. The van der Waals surface area contributed by atoms with Crippen LogP contribution in [0.3, 0.4) is 0 Å². The second kappa shape index (κ2) is 16.7. The maximum Gasteiger partial charge on any atom is 1.00 e. The number of hydrogen-bond acceptors (Lipinski definition) is 5. The van der Waals surface area contributed by atoms with Crippen LogP contribution in [0.25, 0.3) is 22.5 Å². The largest absolute Gasteiger partial charge is 1.00 e. The van der Waals surface area contributed by atoms with E-state index in [2.05, 4.69) is 9.97 Å². The molecule has 2 aromatic heterocycles. The van der Waals surface area contributed by atoms with Crippen molar-refractivity contribution in [3.63, 3.8) is 0 Å². The van der Waals surface area contributed by atoms with Gasteiger partial charge in [0.25, 0.3) is 0 Å². The number of rotatable bonds is 8. The molecule has 2 fully saturated rings. The standard InChI is InChI=1S/C20H22F2N2O2.C19H22F2N2O.Al.Li.4H/c1-26-19(25)13-5-8-20(22,9-6-13)10-7-16-18-14(3-2-4-15(18)21)17-11-23-12-24(16)17;20-15-3-1-2-14-17-10-22-12-23(17)16(18(14)15)6-9-19(21)7-4-13(11-24)5-8-19;;;;;;/h2-4,11-13,16H,5-10H2,1H3;1-3,10,12-13,16,24H,4-9,11H2;;;;;;/q;;;+1;;;;-1. The first-order chi connectivity index (χ1) is 24.1. The maximum atomic E-state index is 15.3. The molecule has 2 aliphatic heterocycles. The molecular formula is C39H48AlF4LiN4O3. The number of methoxy groups -OCH3 is 1. The van der Waals surface area contributed by atoms with E-state index in [0.717, 1.165) is 35.4 Å². The minimum Gasteiger partial charge on any atom is -1.00 e. The van der Waals surface area contributed by atoms with Crippen LogP contribution in [0.2, 0.25) is 0 Å². The van der Waals surface area contributed by atoms with Crippen LogP contribution >= 0.6 is 0 Å². The van der Waals surface area contributed by atoms with Crippen LogP contribution in [0.4, 0.5) is 17.6 Å². The first-order valence-electron chi connectivity index (χ1n) is 17.8. The summed E-state index contributed by atoms with van der Waals surface area (Å²) >= 11 is 0. The van der Waals surface area contributed by atoms with Gasteiger partial charge in [0.1, 0.15) is 23.0 Å². The Morgan fingerprint density at radius 3 is 1.69 bits per heavy atom. The average molecular weight is 731 g/mol. The predicted octanol–water partition coefficient (Wildman–Crippen LogP) is 4.64. The van der Waals surface area contributed by atoms with Gasteiger partial charge in [-0.25, -0.2) is 27.5 Å². The number of aromatic nitrogens is 4. The van der Waals surface area contributed by atoms with E-state index in [-0.39, 0.29) is 85.8 Å². The van der Waals surface area contributed by atoms with Crippen molar-refractivity contribution in [1.29, 1.82) is 0 Å². The fourth-order valence-corrected chi connectivity index (χ4v) is 8.77. The quantitative estimate of drug-likeness (QED) is 0.163. The van der Waals surface area contributed by atoms with E-state index >= 15 is 8.78 Å². The van der Waals surface area contributed by atoms with Gasteiger partial charge in [-0.05, 0) is 95.1 Å². The molecule has 2 aromatic carbocycles. The van der Waals surface area contributed by atoms with E-state index in [1.54, 1.807) is 37.2 Å². The summed E-state index contributed by atoms with van der Waals surface area (Å²) in [6.45, 7) is 0.149. The van der Waals surface area contributed by atoms with Gasteiger partial charge in [-0.15, -0.1) is 0 Å². The normalized spacial score (nSPS) is 26.7. The summed E-state index contributed by atoms with van der Waals surface area (Å²) in [6.07, 6.45) is 12.9. The molecule has 2 atom stereocenters. The van der Waals surface area contributed by atoms with Gasteiger partial charge >= 0.3 is 24.8 Å². The number of benzene rings is 2. The first-order valence-corrected chi connectivity index (χ1v) is 17.8. The Kier molecular flexibility index (Phi) is 12.9. The number of halogens is 4. The average Bonchev–Trinajstić information content (AvgIpc) is 3.91. The van der Waals surface area contributed by atoms with Crippen LogP contribution in [0.15, 0.2) is 61.4 Å². The molecule has 0 radical (unpaired) electrons. The molecular weight excluding hydrogens is 682 g/mol. The molecule has 0 spiro atoms. The van der Waals surface area contributed by atoms with Crippen LogP contribution in [0, 0.1) is 23.5 Å². The van der Waals surface area contributed by atoms with Gasteiger partial charge in [-0.1, -0.05) is 24.3 Å². The van der Waals surface area contributed by atoms with Gasteiger partial charge in [-0.2, -0.15) is 0 Å². The van der Waals surface area contributed by atoms with Gasteiger partial charge in [-0.3, -0.25) is 4.79 Å². The molecule has 0 saturated heterocycles. The maximum absolute atomic E-state index is 15.3. The molecule has 4 heterocycles.